The predicted octanol–water partition coefficient (Wildman–Crippen LogP) is 3.25. The maximum Gasteiger partial charge on any atom is 0.278 e. The average molecular weight is 508 g/mol. The van der Waals surface area contributed by atoms with Crippen molar-refractivity contribution in [3.8, 4) is 0 Å². The van der Waals surface area contributed by atoms with Crippen LogP contribution >= 0.6 is 11.6 Å². The largest absolute Gasteiger partial charge is 0.351 e. The molecule has 2 heterocycles. The van der Waals surface area contributed by atoms with Crippen molar-refractivity contribution >= 4 is 46.7 Å². The summed E-state index contributed by atoms with van der Waals surface area (Å²) in [5.74, 6) is -2.14. The number of imide groups is 2. The highest BCUT2D eigenvalue weighted by atomic mass is 35.5. The molecule has 2 N–H and O–H groups in total. The summed E-state index contributed by atoms with van der Waals surface area (Å²) >= 11 is 6.06. The van der Waals surface area contributed by atoms with Crippen LogP contribution in [-0.4, -0.2) is 40.4 Å². The molecule has 0 radical (unpaired) electrons. The highest BCUT2D eigenvalue weighted by Crippen LogP contribution is 2.24. The first-order chi connectivity index (χ1) is 17.2. The number of nitrogens with one attached hydrogen (secondary N) is 2. The summed E-state index contributed by atoms with van der Waals surface area (Å²) in [7, 11) is 0. The average Bonchev–Trinajstić information content (AvgIpc) is 3.11. The molecule has 0 saturated carbocycles. The Balaban J connectivity index is 1.31. The summed E-state index contributed by atoms with van der Waals surface area (Å²) in [4.78, 5) is 62.1. The molecular weight excluding hydrogens is 482 g/mol. The lowest BCUT2D eigenvalue weighted by Crippen LogP contribution is -2.54. The van der Waals surface area contributed by atoms with Crippen LogP contribution in [-0.2, 0) is 36.8 Å². The lowest BCUT2D eigenvalue weighted by atomic mass is 10.0. The minimum atomic E-state index is -1.01. The number of ketones is 1. The topological polar surface area (TPSA) is 113 Å². The van der Waals surface area contributed by atoms with Crippen LogP contribution in [0, 0.1) is 6.92 Å². The molecule has 0 aliphatic carbocycles. The van der Waals surface area contributed by atoms with E-state index in [0.29, 0.717) is 36.4 Å². The zero-order valence-electron chi connectivity index (χ0n) is 19.8. The summed E-state index contributed by atoms with van der Waals surface area (Å²) in [6.07, 6.45) is 3.36. The van der Waals surface area contributed by atoms with E-state index in [2.05, 4.69) is 10.6 Å². The summed E-state index contributed by atoms with van der Waals surface area (Å²) < 4.78 is 0. The fourth-order valence-corrected chi connectivity index (χ4v) is 4.43. The second-order valence-electron chi connectivity index (χ2n) is 8.99. The maximum absolute atomic E-state index is 12.8. The number of carbonyl (C=O) groups excluding carboxylic acids is 5. The van der Waals surface area contributed by atoms with Crippen LogP contribution in [0.3, 0.4) is 0 Å². The SMILES string of the molecule is Cc1cc(CCC(=O)CCc2cccc(NC3=CC(=O)N(C4CCC(=O)NC4=O)C3=O)c2)ccc1Cl. The highest BCUT2D eigenvalue weighted by Gasteiger charge is 2.42. The number of hydrogen-bond acceptors (Lipinski definition) is 6. The fourth-order valence-electron chi connectivity index (χ4n) is 4.31. The van der Waals surface area contributed by atoms with Crippen LogP contribution in [0.1, 0.15) is 42.4 Å². The number of aryl methyl sites for hydroxylation is 3. The monoisotopic (exact) mass is 507 g/mol. The molecule has 1 atom stereocenters. The first-order valence-corrected chi connectivity index (χ1v) is 12.1. The van der Waals surface area contributed by atoms with Gasteiger partial charge in [-0.3, -0.25) is 34.2 Å². The van der Waals surface area contributed by atoms with Crippen molar-refractivity contribution < 1.29 is 24.0 Å². The highest BCUT2D eigenvalue weighted by molar-refractivity contribution is 6.31. The number of amides is 4. The molecule has 1 saturated heterocycles. The quantitative estimate of drug-likeness (QED) is 0.504. The molecule has 1 unspecified atom stereocenters. The standard InChI is InChI=1S/C27H26ClN3O5/c1-16-13-18(7-10-21(16)28)6-9-20(32)8-5-17-3-2-4-19(14-17)29-22-15-25(34)31(27(22)36)23-11-12-24(33)30-26(23)35/h2-4,7,10,13-15,23,29H,5-6,8-9,11-12H2,1H3,(H,30,33,35). The zero-order chi connectivity index (χ0) is 25.8. The van der Waals surface area contributed by atoms with E-state index in [4.69, 9.17) is 11.6 Å². The Kier molecular flexibility index (Phi) is 7.64. The molecule has 2 aliphatic heterocycles. The van der Waals surface area contributed by atoms with E-state index in [0.717, 1.165) is 27.7 Å². The number of Topliss-reactive ketones (excluding diaryl/α,β-unsaturated/α-hetero) is 1. The summed E-state index contributed by atoms with van der Waals surface area (Å²) in [6, 6.07) is 12.0. The molecule has 1 fully saturated rings. The molecule has 4 amide bonds. The predicted molar refractivity (Wildman–Crippen MR) is 134 cm³/mol. The number of rotatable bonds is 9. The van der Waals surface area contributed by atoms with Gasteiger partial charge in [0, 0.05) is 36.0 Å². The van der Waals surface area contributed by atoms with Gasteiger partial charge in [-0.2, -0.15) is 0 Å². The van der Waals surface area contributed by atoms with E-state index in [1.165, 1.54) is 0 Å². The van der Waals surface area contributed by atoms with E-state index in [1.54, 1.807) is 12.1 Å². The van der Waals surface area contributed by atoms with E-state index < -0.39 is 29.7 Å². The number of benzene rings is 2. The van der Waals surface area contributed by atoms with Gasteiger partial charge in [0.2, 0.25) is 11.8 Å². The molecule has 0 aromatic heterocycles. The molecule has 9 heteroatoms. The third-order valence-electron chi connectivity index (χ3n) is 6.29. The minimum Gasteiger partial charge on any atom is -0.351 e. The number of anilines is 1. The van der Waals surface area contributed by atoms with E-state index in [9.17, 15) is 24.0 Å². The van der Waals surface area contributed by atoms with Crippen molar-refractivity contribution in [2.75, 3.05) is 5.32 Å². The van der Waals surface area contributed by atoms with E-state index >= 15 is 0 Å². The van der Waals surface area contributed by atoms with E-state index in [1.807, 2.05) is 37.3 Å². The van der Waals surface area contributed by atoms with Crippen molar-refractivity contribution in [1.82, 2.24) is 10.2 Å². The van der Waals surface area contributed by atoms with E-state index in [-0.39, 0.29) is 24.3 Å². The Hall–Kier alpha value is -3.78. The number of carbonyl (C=O) groups is 5. The van der Waals surface area contributed by atoms with Crippen molar-refractivity contribution in [2.45, 2.75) is 51.5 Å². The minimum absolute atomic E-state index is 0.0520. The van der Waals surface area contributed by atoms with Crippen LogP contribution in [0.25, 0.3) is 0 Å². The molecule has 0 spiro atoms. The van der Waals surface area contributed by atoms with Crippen molar-refractivity contribution in [1.29, 1.82) is 0 Å². The maximum atomic E-state index is 12.8. The molecule has 36 heavy (non-hydrogen) atoms. The fraction of sp³-hybridized carbons (Fsp3) is 0.296. The van der Waals surface area contributed by atoms with Gasteiger partial charge in [-0.15, -0.1) is 0 Å². The van der Waals surface area contributed by atoms with Gasteiger partial charge < -0.3 is 5.32 Å². The van der Waals surface area contributed by atoms with Gasteiger partial charge in [0.1, 0.15) is 17.5 Å². The van der Waals surface area contributed by atoms with Gasteiger partial charge in [0.25, 0.3) is 11.8 Å². The Bertz CT molecular complexity index is 1290. The molecule has 2 aromatic carbocycles. The summed E-state index contributed by atoms with van der Waals surface area (Å²) in [5.41, 5.74) is 3.62. The molecule has 186 valence electrons. The third kappa shape index (κ3) is 5.88. The lowest BCUT2D eigenvalue weighted by Gasteiger charge is -2.28. The molecule has 4 rings (SSSR count). The van der Waals surface area contributed by atoms with Crippen LogP contribution in [0.2, 0.25) is 5.02 Å². The van der Waals surface area contributed by atoms with Crippen LogP contribution in [0.5, 0.6) is 0 Å². The zero-order valence-corrected chi connectivity index (χ0v) is 20.6. The molecule has 8 nitrogen and oxygen atoms in total. The number of halogens is 1. The van der Waals surface area contributed by atoms with Crippen molar-refractivity contribution in [3.05, 3.63) is 76.0 Å². The van der Waals surface area contributed by atoms with Gasteiger partial charge in [-0.25, -0.2) is 0 Å². The van der Waals surface area contributed by atoms with Crippen molar-refractivity contribution in [2.24, 2.45) is 0 Å². The second-order valence-corrected chi connectivity index (χ2v) is 9.39. The first-order valence-electron chi connectivity index (χ1n) is 11.8. The smallest absolute Gasteiger partial charge is 0.278 e. The Labute approximate surface area is 213 Å². The number of hydrogen-bond donors (Lipinski definition) is 2. The Morgan fingerprint density at radius 2 is 1.78 bits per heavy atom. The van der Waals surface area contributed by atoms with Gasteiger partial charge >= 0.3 is 0 Å². The van der Waals surface area contributed by atoms with Crippen LogP contribution in [0.15, 0.2) is 54.2 Å². The van der Waals surface area contributed by atoms with Gasteiger partial charge in [0.15, 0.2) is 0 Å². The second kappa shape index (κ2) is 10.9. The Morgan fingerprint density at radius 1 is 1.06 bits per heavy atom. The normalized spacial score (nSPS) is 17.8. The van der Waals surface area contributed by atoms with Crippen LogP contribution in [0.4, 0.5) is 5.69 Å². The molecule has 0 bridgehead atoms. The first kappa shape index (κ1) is 25.3. The van der Waals surface area contributed by atoms with Crippen molar-refractivity contribution in [3.63, 3.8) is 0 Å². The molecule has 2 aliphatic rings. The third-order valence-corrected chi connectivity index (χ3v) is 6.71. The van der Waals surface area contributed by atoms with Gasteiger partial charge in [-0.1, -0.05) is 35.9 Å². The number of nitrogens with zero attached hydrogens (tertiary/aromatic N) is 1. The summed E-state index contributed by atoms with van der Waals surface area (Å²) in [6.45, 7) is 1.94. The Morgan fingerprint density at radius 3 is 2.47 bits per heavy atom. The van der Waals surface area contributed by atoms with Gasteiger partial charge in [0.05, 0.1) is 0 Å². The lowest BCUT2D eigenvalue weighted by molar-refractivity contribution is -0.149. The number of piperidine rings is 1. The van der Waals surface area contributed by atoms with Crippen LogP contribution < -0.4 is 10.6 Å². The molecule has 2 aromatic rings. The molecular formula is C27H26ClN3O5. The van der Waals surface area contributed by atoms with Gasteiger partial charge in [-0.05, 0) is 61.1 Å². The summed E-state index contributed by atoms with van der Waals surface area (Å²) in [5, 5.41) is 5.83.